The van der Waals surface area contributed by atoms with Crippen LogP contribution in [0.15, 0.2) is 47.4 Å². The Morgan fingerprint density at radius 2 is 0.989 bits per heavy atom. The zero-order valence-electron chi connectivity index (χ0n) is 52.6. The summed E-state index contributed by atoms with van der Waals surface area (Å²) in [6.07, 6.45) is -0.502. The van der Waals surface area contributed by atoms with Crippen LogP contribution in [0.2, 0.25) is 0 Å². The van der Waals surface area contributed by atoms with Crippen LogP contribution in [-0.2, 0) is 65.7 Å². The fourth-order valence-electron chi connectivity index (χ4n) is 10.9. The van der Waals surface area contributed by atoms with Gasteiger partial charge in [-0.25, -0.2) is 18.7 Å². The third kappa shape index (κ3) is 18.5. The average molecular weight is 1350 g/mol. The Hall–Kier alpha value is -6.24. The topological polar surface area (TPSA) is 319 Å². The standard InChI is InChI=1S/C62H84F2N8O15S4/c1-37-49(88-35-67-37)39-15-17-41(31-65-53(75)45-29-43(73)33-71(45)55(77)51(59(3,4)5)69-57(79)61(63)19-20-61)47(27-39)85-23-11-9-13-25-90(81,82)87-91(83,84)26-14-10-12-24-86-48-28-40(50-38(2)68-36-89-50)16-18-42(48)32-66-54(76)46-30-44(74)34-72(46)56(78)52(60(6,7)8)70-58(80)62(64)21-22-62/h15-18,27-28,35-36,43-46,51-52,73-74H,9-14,19-26,29-34H2,1-8H3,(H,65,75)(H,66,76)(H,69,79)(H,70,80)/t43-,44-,45+,46+,51-,52-/m1/s1. The highest BCUT2D eigenvalue weighted by molar-refractivity contribution is 7.99. The number of hydrogen-bond acceptors (Lipinski definition) is 19. The number of thiazole rings is 2. The van der Waals surface area contributed by atoms with E-state index >= 15 is 0 Å². The highest BCUT2D eigenvalue weighted by Gasteiger charge is 2.55. The summed E-state index contributed by atoms with van der Waals surface area (Å²) in [5.74, 6) is -4.46. The molecular weight excluding hydrogens is 1260 g/mol. The van der Waals surface area contributed by atoms with Gasteiger partial charge in [0, 0.05) is 50.1 Å². The molecule has 4 aliphatic rings. The number of unbranched alkanes of at least 4 members (excludes halogenated alkanes) is 4. The molecule has 91 heavy (non-hydrogen) atoms. The van der Waals surface area contributed by atoms with Crippen molar-refractivity contribution >= 4 is 78.4 Å². The summed E-state index contributed by atoms with van der Waals surface area (Å²) in [6.45, 7) is 13.8. The fourth-order valence-corrected chi connectivity index (χ4v) is 15.4. The number of hydrogen-bond donors (Lipinski definition) is 6. The summed E-state index contributed by atoms with van der Waals surface area (Å²) in [5.41, 5.74) is 1.96. The first-order chi connectivity index (χ1) is 42.7. The number of amides is 6. The van der Waals surface area contributed by atoms with Crippen LogP contribution in [0, 0.1) is 24.7 Å². The number of ether oxygens (including phenoxy) is 2. The summed E-state index contributed by atoms with van der Waals surface area (Å²) >= 11 is 2.85. The lowest BCUT2D eigenvalue weighted by molar-refractivity contribution is -0.145. The highest BCUT2D eigenvalue weighted by Crippen LogP contribution is 2.42. The number of β-amino-alcohol motifs (C(OH)–C–C–N with tert-alkyl or cyclic N) is 2. The molecule has 0 unspecified atom stereocenters. The van der Waals surface area contributed by atoms with Crippen molar-refractivity contribution in [1.29, 1.82) is 0 Å². The van der Waals surface area contributed by atoms with Crippen LogP contribution in [-0.4, -0.2) is 168 Å². The molecule has 2 aromatic carbocycles. The van der Waals surface area contributed by atoms with Crippen LogP contribution in [0.1, 0.15) is 141 Å². The van der Waals surface area contributed by atoms with Gasteiger partial charge in [0.25, 0.3) is 32.1 Å². The number of halogens is 2. The van der Waals surface area contributed by atoms with Crippen molar-refractivity contribution in [2.24, 2.45) is 10.8 Å². The van der Waals surface area contributed by atoms with Crippen molar-refractivity contribution in [3.63, 3.8) is 0 Å². The SMILES string of the molecule is Cc1ncsc1-c1ccc(CNC(=O)[C@@H]2C[C@@H](O)CN2C(=O)[C@@H](NC(=O)C2(F)CC2)C(C)(C)C)c(OCCCCCS(=O)(=O)OS(=O)(=O)CCCCCOc2cc(-c3scnc3C)ccc2CNC(=O)[C@@H]2C[C@@H](O)CN2C(=O)[C@@H](NC(=O)C2(F)CC2)C(C)(C)C)c1. The number of carbonyl (C=O) groups is 6. The number of aryl methyl sites for hydroxylation is 2. The van der Waals surface area contributed by atoms with Crippen LogP contribution in [0.25, 0.3) is 20.9 Å². The minimum absolute atomic E-state index is 0.0454. The molecule has 6 N–H and O–H groups in total. The predicted octanol–water partition coefficient (Wildman–Crippen LogP) is 6.25. The number of benzene rings is 2. The fraction of sp³-hybridized carbons (Fsp3) is 0.613. The normalized spacial score (nSPS) is 20.1. The van der Waals surface area contributed by atoms with E-state index in [-0.39, 0.29) is 90.8 Å². The summed E-state index contributed by atoms with van der Waals surface area (Å²) in [6, 6.07) is 6.34. The monoisotopic (exact) mass is 1350 g/mol. The molecule has 6 atom stereocenters. The lowest BCUT2D eigenvalue weighted by Gasteiger charge is -2.35. The second kappa shape index (κ2) is 29.0. The first kappa shape index (κ1) is 70.6. The van der Waals surface area contributed by atoms with Crippen LogP contribution >= 0.6 is 22.7 Å². The number of aliphatic hydroxyl groups is 2. The Morgan fingerprint density at radius 3 is 1.32 bits per heavy atom. The number of carbonyl (C=O) groups excluding carboxylic acids is 6. The number of aromatic nitrogens is 2. The number of nitrogens with zero attached hydrogens (tertiary/aromatic N) is 4. The number of alkyl halides is 2. The van der Waals surface area contributed by atoms with Gasteiger partial charge in [0.2, 0.25) is 23.6 Å². The third-order valence-corrected chi connectivity index (χ3v) is 21.7. The van der Waals surface area contributed by atoms with Crippen LogP contribution in [0.5, 0.6) is 11.5 Å². The predicted molar refractivity (Wildman–Crippen MR) is 337 cm³/mol. The zero-order chi connectivity index (χ0) is 66.4. The maximum absolute atomic E-state index is 14.7. The summed E-state index contributed by atoms with van der Waals surface area (Å²) in [4.78, 5) is 94.1. The molecule has 2 aromatic heterocycles. The zero-order valence-corrected chi connectivity index (χ0v) is 55.9. The van der Waals surface area contributed by atoms with Gasteiger partial charge in [-0.15, -0.1) is 26.3 Å². The largest absolute Gasteiger partial charge is 0.493 e. The molecular formula is C62H84F2N8O15S4. The van der Waals surface area contributed by atoms with Crippen molar-refractivity contribution in [3.8, 4) is 32.4 Å². The van der Waals surface area contributed by atoms with Crippen LogP contribution in [0.3, 0.4) is 0 Å². The van der Waals surface area contributed by atoms with E-state index in [1.165, 1.54) is 32.5 Å². The molecule has 2 aliphatic carbocycles. The Bertz CT molecular complexity index is 3320. The van der Waals surface area contributed by atoms with Crippen molar-refractivity contribution in [1.82, 2.24) is 41.0 Å². The van der Waals surface area contributed by atoms with Gasteiger partial charge in [-0.1, -0.05) is 65.8 Å². The second-order valence-corrected chi connectivity index (χ2v) is 31.6. The molecule has 6 amide bonds. The Balaban J connectivity index is 0.791. The summed E-state index contributed by atoms with van der Waals surface area (Å²) < 4.78 is 98.4. The van der Waals surface area contributed by atoms with E-state index in [4.69, 9.17) is 13.1 Å². The number of aliphatic hydroxyl groups excluding tert-OH is 2. The quantitative estimate of drug-likeness (QED) is 0.0314. The van der Waals surface area contributed by atoms with Gasteiger partial charge in [0.1, 0.15) is 35.7 Å². The van der Waals surface area contributed by atoms with Crippen molar-refractivity contribution in [3.05, 3.63) is 69.9 Å². The first-order valence-corrected chi connectivity index (χ1v) is 35.6. The van der Waals surface area contributed by atoms with Crippen molar-refractivity contribution in [2.45, 2.75) is 193 Å². The van der Waals surface area contributed by atoms with Gasteiger partial charge in [-0.2, -0.15) is 16.8 Å². The van der Waals surface area contributed by atoms with Gasteiger partial charge in [-0.3, -0.25) is 28.8 Å². The Morgan fingerprint density at radius 1 is 0.615 bits per heavy atom. The number of rotatable bonds is 30. The lowest BCUT2D eigenvalue weighted by Crippen LogP contribution is -2.59. The lowest BCUT2D eigenvalue weighted by atomic mass is 9.85. The molecule has 500 valence electrons. The van der Waals surface area contributed by atoms with Gasteiger partial charge < -0.3 is 50.8 Å². The van der Waals surface area contributed by atoms with E-state index in [0.29, 0.717) is 48.3 Å². The van der Waals surface area contributed by atoms with Crippen LogP contribution < -0.4 is 30.7 Å². The summed E-state index contributed by atoms with van der Waals surface area (Å²) in [5, 5.41) is 32.2. The Kier molecular flexibility index (Phi) is 22.5. The van der Waals surface area contributed by atoms with Gasteiger partial charge >= 0.3 is 0 Å². The molecule has 4 fully saturated rings. The number of nitrogens with one attached hydrogen (secondary N) is 4. The molecule has 4 heterocycles. The average Bonchev–Trinajstić information content (AvgIpc) is 1.73. The molecule has 2 saturated carbocycles. The van der Waals surface area contributed by atoms with Crippen LogP contribution in [0.4, 0.5) is 8.78 Å². The molecule has 8 rings (SSSR count). The molecule has 29 heteroatoms. The van der Waals surface area contributed by atoms with Gasteiger partial charge in [-0.05, 0) is 112 Å². The minimum Gasteiger partial charge on any atom is -0.493 e. The summed E-state index contributed by atoms with van der Waals surface area (Å²) in [7, 11) is -9.00. The molecule has 2 saturated heterocycles. The second-order valence-electron chi connectivity index (χ2n) is 26.3. The minimum atomic E-state index is -4.50. The molecule has 0 spiro atoms. The van der Waals surface area contributed by atoms with E-state index in [2.05, 4.69) is 31.2 Å². The Labute approximate surface area is 538 Å². The van der Waals surface area contributed by atoms with Gasteiger partial charge in [0.15, 0.2) is 11.3 Å². The van der Waals surface area contributed by atoms with Crippen molar-refractivity contribution < 1.29 is 77.7 Å². The number of likely N-dealkylation sites (tertiary alicyclic amines) is 2. The third-order valence-electron chi connectivity index (χ3n) is 16.6. The van der Waals surface area contributed by atoms with E-state index < -0.39 is 126 Å². The van der Waals surface area contributed by atoms with Crippen molar-refractivity contribution in [2.75, 3.05) is 37.8 Å². The molecule has 0 radical (unpaired) electrons. The molecule has 23 nitrogen and oxygen atoms in total. The smallest absolute Gasteiger partial charge is 0.281 e. The van der Waals surface area contributed by atoms with E-state index in [0.717, 1.165) is 32.3 Å². The maximum Gasteiger partial charge on any atom is 0.281 e. The molecule has 0 bridgehead atoms. The highest BCUT2D eigenvalue weighted by atomic mass is 32.3. The van der Waals surface area contributed by atoms with E-state index in [1.807, 2.05) is 26.0 Å². The first-order valence-electron chi connectivity index (χ1n) is 30.7. The van der Waals surface area contributed by atoms with Gasteiger partial charge in [0.05, 0.1) is 69.1 Å². The van der Waals surface area contributed by atoms with E-state index in [9.17, 15) is 64.6 Å². The van der Waals surface area contributed by atoms with E-state index in [1.54, 1.807) is 76.8 Å². The maximum atomic E-state index is 14.7. The molecule has 2 aliphatic heterocycles. The molecule has 4 aromatic rings.